The second-order valence-electron chi connectivity index (χ2n) is 4.73. The van der Waals surface area contributed by atoms with E-state index in [-0.39, 0.29) is 5.91 Å². The van der Waals surface area contributed by atoms with Crippen molar-refractivity contribution < 1.29 is 9.32 Å². The third-order valence-corrected chi connectivity index (χ3v) is 3.06. The molecular formula is C16H20N2O2. The predicted octanol–water partition coefficient (Wildman–Crippen LogP) is 3.60. The van der Waals surface area contributed by atoms with Crippen LogP contribution in [0.2, 0.25) is 0 Å². The molecule has 0 N–H and O–H groups in total. The van der Waals surface area contributed by atoms with Gasteiger partial charge in [0.15, 0.2) is 11.5 Å². The van der Waals surface area contributed by atoms with E-state index in [4.69, 9.17) is 4.52 Å². The summed E-state index contributed by atoms with van der Waals surface area (Å²) < 4.78 is 5.28. The van der Waals surface area contributed by atoms with Crippen LogP contribution in [0.5, 0.6) is 0 Å². The summed E-state index contributed by atoms with van der Waals surface area (Å²) in [5.74, 6) is 0.571. The number of benzene rings is 1. The fourth-order valence-electron chi connectivity index (χ4n) is 2.13. The van der Waals surface area contributed by atoms with Gasteiger partial charge < -0.3 is 9.42 Å². The van der Waals surface area contributed by atoms with Gasteiger partial charge in [-0.2, -0.15) is 0 Å². The van der Waals surface area contributed by atoms with Crippen LogP contribution in [0.25, 0.3) is 11.3 Å². The van der Waals surface area contributed by atoms with Crippen molar-refractivity contribution in [1.82, 2.24) is 10.1 Å². The van der Waals surface area contributed by atoms with E-state index in [0.717, 1.165) is 31.5 Å². The minimum Gasteiger partial charge on any atom is -0.355 e. The van der Waals surface area contributed by atoms with Crippen LogP contribution in [-0.4, -0.2) is 29.1 Å². The second kappa shape index (κ2) is 6.89. The topological polar surface area (TPSA) is 46.3 Å². The highest BCUT2D eigenvalue weighted by Gasteiger charge is 2.19. The molecule has 0 saturated carbocycles. The first-order valence-corrected chi connectivity index (χ1v) is 7.07. The molecule has 106 valence electrons. The van der Waals surface area contributed by atoms with Crippen molar-refractivity contribution in [3.05, 3.63) is 42.1 Å². The monoisotopic (exact) mass is 272 g/mol. The molecule has 0 radical (unpaired) electrons. The molecule has 0 aliphatic heterocycles. The molecule has 0 saturated heterocycles. The Kier molecular flexibility index (Phi) is 4.93. The number of hydrogen-bond donors (Lipinski definition) is 0. The zero-order chi connectivity index (χ0) is 14.4. The Morgan fingerprint density at radius 3 is 2.40 bits per heavy atom. The summed E-state index contributed by atoms with van der Waals surface area (Å²) >= 11 is 0. The van der Waals surface area contributed by atoms with Gasteiger partial charge in [-0.25, -0.2) is 0 Å². The largest absolute Gasteiger partial charge is 0.355 e. The van der Waals surface area contributed by atoms with E-state index in [1.807, 2.05) is 35.2 Å². The summed E-state index contributed by atoms with van der Waals surface area (Å²) in [5, 5.41) is 3.91. The van der Waals surface area contributed by atoms with E-state index in [1.54, 1.807) is 6.07 Å². The van der Waals surface area contributed by atoms with Crippen LogP contribution in [0.15, 0.2) is 40.9 Å². The first kappa shape index (κ1) is 14.3. The fraction of sp³-hybridized carbons (Fsp3) is 0.375. The molecule has 2 aromatic rings. The minimum absolute atomic E-state index is 0.0559. The molecule has 1 aromatic heterocycles. The molecule has 0 aliphatic carbocycles. The van der Waals surface area contributed by atoms with Crippen LogP contribution in [0, 0.1) is 0 Å². The second-order valence-corrected chi connectivity index (χ2v) is 4.73. The quantitative estimate of drug-likeness (QED) is 0.807. The van der Waals surface area contributed by atoms with Crippen molar-refractivity contribution in [2.45, 2.75) is 26.7 Å². The molecule has 0 fully saturated rings. The molecule has 1 amide bonds. The van der Waals surface area contributed by atoms with E-state index in [2.05, 4.69) is 19.0 Å². The van der Waals surface area contributed by atoms with Crippen LogP contribution < -0.4 is 0 Å². The van der Waals surface area contributed by atoms with Crippen molar-refractivity contribution in [2.75, 3.05) is 13.1 Å². The normalized spacial score (nSPS) is 10.5. The average molecular weight is 272 g/mol. The standard InChI is InChI=1S/C16H20N2O2/c1-3-10-18(11-4-2)16(19)14-12-15(20-17-14)13-8-6-5-7-9-13/h5-9,12H,3-4,10-11H2,1-2H3. The van der Waals surface area contributed by atoms with Crippen molar-refractivity contribution in [3.8, 4) is 11.3 Å². The number of rotatable bonds is 6. The lowest BCUT2D eigenvalue weighted by Gasteiger charge is -2.19. The Morgan fingerprint density at radius 2 is 1.80 bits per heavy atom. The Morgan fingerprint density at radius 1 is 1.15 bits per heavy atom. The number of hydrogen-bond acceptors (Lipinski definition) is 3. The molecule has 0 spiro atoms. The highest BCUT2D eigenvalue weighted by atomic mass is 16.5. The van der Waals surface area contributed by atoms with Gasteiger partial charge in [0.2, 0.25) is 0 Å². The lowest BCUT2D eigenvalue weighted by Crippen LogP contribution is -2.32. The molecule has 1 aromatic carbocycles. The number of amides is 1. The van der Waals surface area contributed by atoms with Crippen molar-refractivity contribution in [2.24, 2.45) is 0 Å². The Labute approximate surface area is 119 Å². The SMILES string of the molecule is CCCN(CCC)C(=O)c1cc(-c2ccccc2)on1. The number of carbonyl (C=O) groups excluding carboxylic acids is 1. The summed E-state index contributed by atoms with van der Waals surface area (Å²) in [4.78, 5) is 14.2. The number of aromatic nitrogens is 1. The lowest BCUT2D eigenvalue weighted by molar-refractivity contribution is 0.0745. The van der Waals surface area contributed by atoms with Crippen LogP contribution in [-0.2, 0) is 0 Å². The summed E-state index contributed by atoms with van der Waals surface area (Å²) in [7, 11) is 0. The highest BCUT2D eigenvalue weighted by Crippen LogP contribution is 2.20. The molecule has 0 bridgehead atoms. The van der Waals surface area contributed by atoms with Crippen LogP contribution >= 0.6 is 0 Å². The Balaban J connectivity index is 2.17. The maximum atomic E-state index is 12.4. The van der Waals surface area contributed by atoms with Crippen LogP contribution in [0.4, 0.5) is 0 Å². The summed E-state index contributed by atoms with van der Waals surface area (Å²) in [5.41, 5.74) is 1.31. The lowest BCUT2D eigenvalue weighted by atomic mass is 10.1. The van der Waals surface area contributed by atoms with E-state index >= 15 is 0 Å². The Bertz CT molecular complexity index is 543. The highest BCUT2D eigenvalue weighted by molar-refractivity contribution is 5.93. The summed E-state index contributed by atoms with van der Waals surface area (Å²) in [6, 6.07) is 11.4. The van der Waals surface area contributed by atoms with E-state index in [9.17, 15) is 4.79 Å². The summed E-state index contributed by atoms with van der Waals surface area (Å²) in [6.07, 6.45) is 1.88. The third kappa shape index (κ3) is 3.26. The van der Waals surface area contributed by atoms with Gasteiger partial charge in [-0.15, -0.1) is 0 Å². The fourth-order valence-corrected chi connectivity index (χ4v) is 2.13. The predicted molar refractivity (Wildman–Crippen MR) is 78.4 cm³/mol. The number of carbonyl (C=O) groups is 1. The molecule has 0 unspecified atom stereocenters. The molecule has 20 heavy (non-hydrogen) atoms. The maximum Gasteiger partial charge on any atom is 0.276 e. The van der Waals surface area contributed by atoms with Crippen molar-refractivity contribution in [3.63, 3.8) is 0 Å². The van der Waals surface area contributed by atoms with Gasteiger partial charge >= 0.3 is 0 Å². The third-order valence-electron chi connectivity index (χ3n) is 3.06. The van der Waals surface area contributed by atoms with E-state index < -0.39 is 0 Å². The zero-order valence-corrected chi connectivity index (χ0v) is 12.0. The van der Waals surface area contributed by atoms with Gasteiger partial charge in [0.05, 0.1) is 0 Å². The first-order chi connectivity index (χ1) is 9.76. The Hall–Kier alpha value is -2.10. The molecule has 2 rings (SSSR count). The van der Waals surface area contributed by atoms with E-state index in [0.29, 0.717) is 11.5 Å². The molecule has 1 heterocycles. The molecular weight excluding hydrogens is 252 g/mol. The van der Waals surface area contributed by atoms with Crippen LogP contribution in [0.3, 0.4) is 0 Å². The van der Waals surface area contributed by atoms with Gasteiger partial charge in [-0.3, -0.25) is 4.79 Å². The van der Waals surface area contributed by atoms with Crippen LogP contribution in [0.1, 0.15) is 37.2 Å². The maximum absolute atomic E-state index is 12.4. The van der Waals surface area contributed by atoms with Gasteiger partial charge in [0, 0.05) is 24.7 Å². The van der Waals surface area contributed by atoms with Gasteiger partial charge in [0.1, 0.15) is 0 Å². The van der Waals surface area contributed by atoms with Crippen molar-refractivity contribution in [1.29, 1.82) is 0 Å². The summed E-state index contributed by atoms with van der Waals surface area (Å²) in [6.45, 7) is 5.63. The molecule has 4 nitrogen and oxygen atoms in total. The molecule has 0 atom stereocenters. The number of nitrogens with zero attached hydrogens (tertiary/aromatic N) is 2. The minimum atomic E-state index is -0.0559. The van der Waals surface area contributed by atoms with Gasteiger partial charge in [-0.05, 0) is 12.8 Å². The van der Waals surface area contributed by atoms with Crippen molar-refractivity contribution >= 4 is 5.91 Å². The van der Waals surface area contributed by atoms with Gasteiger partial charge in [-0.1, -0.05) is 49.3 Å². The zero-order valence-electron chi connectivity index (χ0n) is 12.0. The molecule has 4 heteroatoms. The molecule has 0 aliphatic rings. The smallest absolute Gasteiger partial charge is 0.276 e. The average Bonchev–Trinajstić information content (AvgIpc) is 2.97. The van der Waals surface area contributed by atoms with Gasteiger partial charge in [0.25, 0.3) is 5.91 Å². The first-order valence-electron chi connectivity index (χ1n) is 7.07. The van der Waals surface area contributed by atoms with E-state index in [1.165, 1.54) is 0 Å².